The van der Waals surface area contributed by atoms with Crippen molar-refractivity contribution >= 4 is 23.5 Å². The molecule has 0 radical (unpaired) electrons. The first-order valence-electron chi connectivity index (χ1n) is 6.59. The van der Waals surface area contributed by atoms with Crippen molar-refractivity contribution in [3.8, 4) is 0 Å². The van der Waals surface area contributed by atoms with E-state index in [1.54, 1.807) is 0 Å². The topological polar surface area (TPSA) is 53.9 Å². The molecule has 1 aliphatic rings. The Kier molecular flexibility index (Phi) is 4.58. The van der Waals surface area contributed by atoms with E-state index in [-0.39, 0.29) is 5.28 Å². The van der Waals surface area contributed by atoms with Crippen LogP contribution in [0.15, 0.2) is 0 Å². The van der Waals surface area contributed by atoms with Gasteiger partial charge in [0.2, 0.25) is 17.2 Å². The summed E-state index contributed by atoms with van der Waals surface area (Å²) in [7, 11) is 0. The normalized spacial score (nSPS) is 16.9. The Morgan fingerprint density at radius 2 is 2.00 bits per heavy atom. The fourth-order valence-corrected chi connectivity index (χ4v) is 2.04. The lowest BCUT2D eigenvalue weighted by molar-refractivity contribution is 0.591. The van der Waals surface area contributed by atoms with Crippen LogP contribution in [0.5, 0.6) is 0 Å². The van der Waals surface area contributed by atoms with Gasteiger partial charge in [0.05, 0.1) is 0 Å². The van der Waals surface area contributed by atoms with Gasteiger partial charge in [0, 0.05) is 19.6 Å². The molecule has 2 rings (SSSR count). The van der Waals surface area contributed by atoms with E-state index in [4.69, 9.17) is 11.6 Å². The monoisotopic (exact) mass is 269 g/mol. The van der Waals surface area contributed by atoms with Crippen molar-refractivity contribution in [1.29, 1.82) is 0 Å². The van der Waals surface area contributed by atoms with E-state index in [9.17, 15) is 0 Å². The summed E-state index contributed by atoms with van der Waals surface area (Å²) in [6.45, 7) is 7.23. The van der Waals surface area contributed by atoms with Crippen LogP contribution in [0.2, 0.25) is 5.28 Å². The van der Waals surface area contributed by atoms with E-state index in [1.807, 2.05) is 0 Å². The van der Waals surface area contributed by atoms with Gasteiger partial charge in [-0.3, -0.25) is 0 Å². The second-order valence-electron chi connectivity index (χ2n) is 4.82. The van der Waals surface area contributed by atoms with Crippen LogP contribution in [0.1, 0.15) is 33.1 Å². The van der Waals surface area contributed by atoms with E-state index in [0.717, 1.165) is 26.1 Å². The summed E-state index contributed by atoms with van der Waals surface area (Å²) in [5.74, 6) is 1.87. The zero-order valence-electron chi connectivity index (χ0n) is 11.0. The second kappa shape index (κ2) is 6.18. The highest BCUT2D eigenvalue weighted by Crippen LogP contribution is 2.18. The molecule has 6 heteroatoms. The summed E-state index contributed by atoms with van der Waals surface area (Å²) in [5, 5.41) is 3.49. The van der Waals surface area contributed by atoms with Crippen LogP contribution in [-0.4, -0.2) is 34.6 Å². The van der Waals surface area contributed by atoms with Crippen molar-refractivity contribution in [2.45, 2.75) is 33.1 Å². The minimum atomic E-state index is 0.263. The lowest BCUT2D eigenvalue weighted by Crippen LogP contribution is -2.22. The van der Waals surface area contributed by atoms with Crippen molar-refractivity contribution in [2.75, 3.05) is 29.9 Å². The molecule has 1 atom stereocenters. The van der Waals surface area contributed by atoms with E-state index in [0.29, 0.717) is 17.8 Å². The average molecular weight is 270 g/mol. The molecule has 1 aliphatic heterocycles. The highest BCUT2D eigenvalue weighted by molar-refractivity contribution is 6.28. The van der Waals surface area contributed by atoms with Gasteiger partial charge < -0.3 is 10.2 Å². The van der Waals surface area contributed by atoms with Gasteiger partial charge in [-0.15, -0.1) is 0 Å². The molecule has 100 valence electrons. The lowest BCUT2D eigenvalue weighted by Gasteiger charge is -2.16. The van der Waals surface area contributed by atoms with Crippen molar-refractivity contribution < 1.29 is 0 Å². The maximum Gasteiger partial charge on any atom is 0.231 e. The summed E-state index contributed by atoms with van der Waals surface area (Å²) in [5.41, 5.74) is 0. The Bertz CT molecular complexity index is 392. The number of aromatic nitrogens is 3. The van der Waals surface area contributed by atoms with E-state index < -0.39 is 0 Å². The quantitative estimate of drug-likeness (QED) is 0.890. The predicted octanol–water partition coefficient (Wildman–Crippen LogP) is 2.58. The van der Waals surface area contributed by atoms with Gasteiger partial charge in [-0.2, -0.15) is 15.0 Å². The zero-order valence-corrected chi connectivity index (χ0v) is 11.7. The number of anilines is 2. The molecule has 5 nitrogen and oxygen atoms in total. The number of nitrogens with one attached hydrogen (secondary N) is 1. The Hall–Kier alpha value is -1.10. The first-order chi connectivity index (χ1) is 8.69. The lowest BCUT2D eigenvalue weighted by atomic mass is 10.1. The fraction of sp³-hybridized carbons (Fsp3) is 0.750. The molecule has 1 aromatic heterocycles. The van der Waals surface area contributed by atoms with Gasteiger partial charge in [-0.25, -0.2) is 0 Å². The number of hydrogen-bond donors (Lipinski definition) is 1. The molecule has 0 bridgehead atoms. The van der Waals surface area contributed by atoms with Crippen LogP contribution in [0.4, 0.5) is 11.9 Å². The fourth-order valence-electron chi connectivity index (χ4n) is 1.89. The Morgan fingerprint density at radius 3 is 2.67 bits per heavy atom. The number of hydrogen-bond acceptors (Lipinski definition) is 5. The van der Waals surface area contributed by atoms with E-state index >= 15 is 0 Å². The Labute approximate surface area is 113 Å². The molecular formula is C12H20ClN5. The Morgan fingerprint density at radius 1 is 1.28 bits per heavy atom. The van der Waals surface area contributed by atoms with Crippen molar-refractivity contribution in [3.63, 3.8) is 0 Å². The van der Waals surface area contributed by atoms with Gasteiger partial charge in [-0.05, 0) is 30.4 Å². The number of nitrogens with zero attached hydrogens (tertiary/aromatic N) is 4. The molecule has 18 heavy (non-hydrogen) atoms. The zero-order chi connectivity index (χ0) is 13.0. The molecular weight excluding hydrogens is 250 g/mol. The molecule has 1 fully saturated rings. The molecule has 1 N–H and O–H groups in total. The van der Waals surface area contributed by atoms with Crippen LogP contribution >= 0.6 is 11.6 Å². The first kappa shape index (κ1) is 13.3. The van der Waals surface area contributed by atoms with E-state index in [1.165, 1.54) is 12.8 Å². The summed E-state index contributed by atoms with van der Waals surface area (Å²) in [6, 6.07) is 0. The summed E-state index contributed by atoms with van der Waals surface area (Å²) < 4.78 is 0. The third kappa shape index (κ3) is 3.45. The van der Waals surface area contributed by atoms with Crippen LogP contribution in [0.25, 0.3) is 0 Å². The molecule has 0 spiro atoms. The van der Waals surface area contributed by atoms with Gasteiger partial charge in [0.1, 0.15) is 0 Å². The maximum absolute atomic E-state index is 5.95. The van der Waals surface area contributed by atoms with Crippen molar-refractivity contribution in [2.24, 2.45) is 5.92 Å². The molecule has 0 amide bonds. The summed E-state index contributed by atoms with van der Waals surface area (Å²) >= 11 is 5.95. The van der Waals surface area contributed by atoms with E-state index in [2.05, 4.69) is 39.0 Å². The molecule has 0 aliphatic carbocycles. The highest BCUT2D eigenvalue weighted by atomic mass is 35.5. The summed E-state index contributed by atoms with van der Waals surface area (Å²) in [6.07, 6.45) is 3.52. The third-order valence-electron chi connectivity index (χ3n) is 3.29. The highest BCUT2D eigenvalue weighted by Gasteiger charge is 2.16. The average Bonchev–Trinajstić information content (AvgIpc) is 2.89. The smallest absolute Gasteiger partial charge is 0.231 e. The van der Waals surface area contributed by atoms with Gasteiger partial charge in [0.25, 0.3) is 0 Å². The first-order valence-corrected chi connectivity index (χ1v) is 6.97. The van der Waals surface area contributed by atoms with Crippen LogP contribution in [0.3, 0.4) is 0 Å². The third-order valence-corrected chi connectivity index (χ3v) is 3.46. The number of halogens is 1. The standard InChI is InChI=1S/C12H20ClN5/c1-3-9(2)8-14-11-15-10(13)16-12(17-11)18-6-4-5-7-18/h9H,3-8H2,1-2H3,(H,14,15,16,17). The minimum absolute atomic E-state index is 0.263. The second-order valence-corrected chi connectivity index (χ2v) is 5.15. The van der Waals surface area contributed by atoms with Crippen LogP contribution in [-0.2, 0) is 0 Å². The molecule has 1 aromatic rings. The molecule has 1 saturated heterocycles. The SMILES string of the molecule is CCC(C)CNc1nc(Cl)nc(N2CCCC2)n1. The van der Waals surface area contributed by atoms with Crippen molar-refractivity contribution in [1.82, 2.24) is 15.0 Å². The predicted molar refractivity (Wildman–Crippen MR) is 74.2 cm³/mol. The molecule has 0 saturated carbocycles. The van der Waals surface area contributed by atoms with Gasteiger partial charge >= 0.3 is 0 Å². The number of rotatable bonds is 5. The van der Waals surface area contributed by atoms with Gasteiger partial charge in [0.15, 0.2) is 0 Å². The Balaban J connectivity index is 2.06. The largest absolute Gasteiger partial charge is 0.354 e. The van der Waals surface area contributed by atoms with Crippen molar-refractivity contribution in [3.05, 3.63) is 5.28 Å². The van der Waals surface area contributed by atoms with Crippen LogP contribution < -0.4 is 10.2 Å². The molecule has 2 heterocycles. The maximum atomic E-state index is 5.95. The van der Waals surface area contributed by atoms with Gasteiger partial charge in [-0.1, -0.05) is 20.3 Å². The minimum Gasteiger partial charge on any atom is -0.354 e. The van der Waals surface area contributed by atoms with Crippen LogP contribution in [0, 0.1) is 5.92 Å². The molecule has 0 aromatic carbocycles. The molecule has 1 unspecified atom stereocenters. The summed E-state index contributed by atoms with van der Waals surface area (Å²) in [4.78, 5) is 14.9.